The molecule has 1 heterocycles. The molecule has 0 amide bonds. The molecule has 0 radical (unpaired) electrons. The van der Waals surface area contributed by atoms with Crippen LogP contribution in [0.2, 0.25) is 0 Å². The van der Waals surface area contributed by atoms with E-state index in [1.54, 1.807) is 5.70 Å². The van der Waals surface area contributed by atoms with Crippen molar-refractivity contribution in [1.82, 2.24) is 4.90 Å². The highest BCUT2D eigenvalue weighted by atomic mass is 15.2. The van der Waals surface area contributed by atoms with Gasteiger partial charge in [-0.1, -0.05) is 70.6 Å². The molecule has 2 unspecified atom stereocenters. The summed E-state index contributed by atoms with van der Waals surface area (Å²) in [5.41, 5.74) is 3.70. The van der Waals surface area contributed by atoms with Gasteiger partial charge in [0.1, 0.15) is 0 Å². The largest absolute Gasteiger partial charge is 0.374 e. The van der Waals surface area contributed by atoms with Gasteiger partial charge in [-0.25, -0.2) is 0 Å². The quantitative estimate of drug-likeness (QED) is 0.473. The average molecular weight is 318 g/mol. The summed E-state index contributed by atoms with van der Waals surface area (Å²) in [6, 6.07) is 0.846. The zero-order chi connectivity index (χ0) is 15.9. The van der Waals surface area contributed by atoms with Crippen molar-refractivity contribution in [1.29, 1.82) is 0 Å². The van der Waals surface area contributed by atoms with E-state index in [-0.39, 0.29) is 0 Å². The predicted molar refractivity (Wildman–Crippen MR) is 101 cm³/mol. The van der Waals surface area contributed by atoms with Crippen molar-refractivity contribution in [2.75, 3.05) is 7.05 Å². The van der Waals surface area contributed by atoms with Crippen LogP contribution in [0.5, 0.6) is 0 Å². The van der Waals surface area contributed by atoms with E-state index in [0.29, 0.717) is 0 Å². The molecule has 0 aromatic carbocycles. The van der Waals surface area contributed by atoms with E-state index in [4.69, 9.17) is 0 Å². The van der Waals surface area contributed by atoms with Gasteiger partial charge < -0.3 is 4.90 Å². The Hall–Kier alpha value is -0.460. The van der Waals surface area contributed by atoms with Crippen LogP contribution in [-0.2, 0) is 0 Å². The molecular weight excluding hydrogens is 278 g/mol. The number of rotatable bonds is 0. The molecule has 0 bridgehead atoms. The average Bonchev–Trinajstić information content (AvgIpc) is 2.85. The molecule has 3 rings (SSSR count). The minimum absolute atomic E-state index is 0.846. The first-order chi connectivity index (χ1) is 11.4. The van der Waals surface area contributed by atoms with Crippen molar-refractivity contribution in [2.24, 2.45) is 5.92 Å². The summed E-state index contributed by atoms with van der Waals surface area (Å²) in [7, 11) is 2.43. The smallest absolute Gasteiger partial charge is 0.0349 e. The third kappa shape index (κ3) is 4.54. The van der Waals surface area contributed by atoms with Crippen LogP contribution in [-0.4, -0.2) is 18.0 Å². The lowest BCUT2D eigenvalue weighted by molar-refractivity contribution is 0.239. The Balaban J connectivity index is 1.73. The van der Waals surface area contributed by atoms with Crippen molar-refractivity contribution >= 4 is 0 Å². The Kier molecular flexibility index (Phi) is 6.90. The van der Waals surface area contributed by atoms with Crippen LogP contribution in [0.3, 0.4) is 0 Å². The van der Waals surface area contributed by atoms with Crippen LogP contribution in [0.1, 0.15) is 109 Å². The molecular formula is C22H39N. The molecule has 1 nitrogen and oxygen atoms in total. The van der Waals surface area contributed by atoms with Gasteiger partial charge in [-0.3, -0.25) is 0 Å². The summed E-state index contributed by atoms with van der Waals surface area (Å²) in [6.07, 6.45) is 24.8. The molecule has 132 valence electrons. The molecule has 2 atom stereocenters. The van der Waals surface area contributed by atoms with Crippen LogP contribution in [0.15, 0.2) is 11.3 Å². The summed E-state index contributed by atoms with van der Waals surface area (Å²) >= 11 is 0. The standard InChI is InChI=1S/C22H39N/c1-23-21-17-13-9-5-3-2-4-7-11-15-19(21)20-16-12-8-6-10-14-18-22(20)23/h19,21H,2-18H2,1H3. The zero-order valence-corrected chi connectivity index (χ0v) is 15.6. The third-order valence-corrected chi connectivity index (χ3v) is 6.83. The summed E-state index contributed by atoms with van der Waals surface area (Å²) in [5, 5.41) is 0. The van der Waals surface area contributed by atoms with Crippen molar-refractivity contribution < 1.29 is 0 Å². The summed E-state index contributed by atoms with van der Waals surface area (Å²) in [4.78, 5) is 2.76. The van der Waals surface area contributed by atoms with Gasteiger partial charge in [0.2, 0.25) is 0 Å². The van der Waals surface area contributed by atoms with Gasteiger partial charge in [-0.15, -0.1) is 0 Å². The van der Waals surface area contributed by atoms with Gasteiger partial charge >= 0.3 is 0 Å². The van der Waals surface area contributed by atoms with Crippen molar-refractivity contribution in [3.8, 4) is 0 Å². The topological polar surface area (TPSA) is 3.24 Å². The fourth-order valence-corrected chi connectivity index (χ4v) is 5.49. The first kappa shape index (κ1) is 17.4. The lowest BCUT2D eigenvalue weighted by Gasteiger charge is -2.30. The molecule has 3 aliphatic rings. The van der Waals surface area contributed by atoms with E-state index < -0.39 is 0 Å². The number of fused-ring (bicyclic) bond motifs is 2. The first-order valence-corrected chi connectivity index (χ1v) is 10.8. The van der Waals surface area contributed by atoms with Gasteiger partial charge in [-0.05, 0) is 44.1 Å². The van der Waals surface area contributed by atoms with Crippen LogP contribution in [0.25, 0.3) is 0 Å². The monoisotopic (exact) mass is 317 g/mol. The highest BCUT2D eigenvalue weighted by molar-refractivity contribution is 5.25. The maximum absolute atomic E-state index is 2.76. The molecule has 2 aliphatic carbocycles. The van der Waals surface area contributed by atoms with Crippen LogP contribution >= 0.6 is 0 Å². The Morgan fingerprint density at radius 3 is 1.83 bits per heavy atom. The fraction of sp³-hybridized carbons (Fsp3) is 0.909. The number of nitrogens with zero attached hydrogens (tertiary/aromatic N) is 1. The highest BCUT2D eigenvalue weighted by Crippen LogP contribution is 2.43. The molecule has 1 saturated carbocycles. The Labute approximate surface area is 144 Å². The minimum Gasteiger partial charge on any atom is -0.374 e. The maximum Gasteiger partial charge on any atom is 0.0349 e. The summed E-state index contributed by atoms with van der Waals surface area (Å²) < 4.78 is 0. The lowest BCUT2D eigenvalue weighted by atomic mass is 9.83. The Bertz CT molecular complexity index is 383. The van der Waals surface area contributed by atoms with E-state index in [0.717, 1.165) is 12.0 Å². The maximum atomic E-state index is 2.76. The molecule has 1 heteroatoms. The molecule has 1 fully saturated rings. The Morgan fingerprint density at radius 1 is 0.609 bits per heavy atom. The summed E-state index contributed by atoms with van der Waals surface area (Å²) in [5.74, 6) is 0.910. The second-order valence-corrected chi connectivity index (χ2v) is 8.43. The van der Waals surface area contributed by atoms with Gasteiger partial charge in [0.25, 0.3) is 0 Å². The SMILES string of the molecule is CN1C2=C(CCCCCCC2)C2CCCCCCCCCCC21. The second-order valence-electron chi connectivity index (χ2n) is 8.43. The highest BCUT2D eigenvalue weighted by Gasteiger charge is 2.37. The van der Waals surface area contributed by atoms with E-state index in [2.05, 4.69) is 11.9 Å². The molecule has 0 spiro atoms. The Morgan fingerprint density at radius 2 is 1.13 bits per heavy atom. The molecule has 0 aromatic rings. The minimum atomic E-state index is 0.846. The third-order valence-electron chi connectivity index (χ3n) is 6.83. The molecule has 0 saturated heterocycles. The first-order valence-electron chi connectivity index (χ1n) is 10.8. The number of hydrogen-bond acceptors (Lipinski definition) is 1. The van der Waals surface area contributed by atoms with E-state index >= 15 is 0 Å². The molecule has 0 N–H and O–H groups in total. The lowest BCUT2D eigenvalue weighted by Crippen LogP contribution is -2.31. The van der Waals surface area contributed by atoms with Crippen molar-refractivity contribution in [3.63, 3.8) is 0 Å². The predicted octanol–water partition coefficient (Wildman–Crippen LogP) is 6.83. The van der Waals surface area contributed by atoms with Gasteiger partial charge in [0, 0.05) is 24.7 Å². The second kappa shape index (κ2) is 9.14. The molecule has 1 aliphatic heterocycles. The van der Waals surface area contributed by atoms with Gasteiger partial charge in [0.15, 0.2) is 0 Å². The molecule has 23 heavy (non-hydrogen) atoms. The van der Waals surface area contributed by atoms with E-state index in [1.165, 1.54) is 109 Å². The van der Waals surface area contributed by atoms with Gasteiger partial charge in [0.05, 0.1) is 0 Å². The van der Waals surface area contributed by atoms with E-state index in [9.17, 15) is 0 Å². The zero-order valence-electron chi connectivity index (χ0n) is 15.6. The van der Waals surface area contributed by atoms with Gasteiger partial charge in [-0.2, -0.15) is 0 Å². The van der Waals surface area contributed by atoms with Crippen LogP contribution < -0.4 is 0 Å². The molecule has 0 aromatic heterocycles. The number of hydrogen-bond donors (Lipinski definition) is 0. The fourth-order valence-electron chi connectivity index (χ4n) is 5.49. The normalized spacial score (nSPS) is 32.0. The summed E-state index contributed by atoms with van der Waals surface area (Å²) in [6.45, 7) is 0. The van der Waals surface area contributed by atoms with Crippen molar-refractivity contribution in [3.05, 3.63) is 11.3 Å². The van der Waals surface area contributed by atoms with Crippen molar-refractivity contribution in [2.45, 2.75) is 115 Å². The van der Waals surface area contributed by atoms with E-state index in [1.807, 2.05) is 5.57 Å². The van der Waals surface area contributed by atoms with Crippen LogP contribution in [0.4, 0.5) is 0 Å². The van der Waals surface area contributed by atoms with Crippen LogP contribution in [0, 0.1) is 5.92 Å². The number of allylic oxidation sites excluding steroid dienone is 1.